The molecule has 0 fully saturated rings. The van der Waals surface area contributed by atoms with Gasteiger partial charge in [-0.3, -0.25) is 9.59 Å². The number of aliphatic hydroxyl groups excluding tert-OH is 1. The molecule has 4 aromatic rings. The van der Waals surface area contributed by atoms with Gasteiger partial charge in [0.15, 0.2) is 0 Å². The fraction of sp³-hybridized carbons (Fsp3) is 0.296. The van der Waals surface area contributed by atoms with Gasteiger partial charge in [-0.25, -0.2) is 14.1 Å². The number of aromatic nitrogens is 4. The predicted octanol–water partition coefficient (Wildman–Crippen LogP) is 3.39. The first-order valence-electron chi connectivity index (χ1n) is 11.8. The van der Waals surface area contributed by atoms with E-state index in [2.05, 4.69) is 15.3 Å². The number of carboxylic acids is 1. The van der Waals surface area contributed by atoms with Crippen molar-refractivity contribution in [2.45, 2.75) is 38.8 Å². The Labute approximate surface area is 212 Å². The van der Waals surface area contributed by atoms with Crippen LogP contribution < -0.4 is 10.3 Å². The molecule has 2 atom stereocenters. The molecule has 37 heavy (non-hydrogen) atoms. The molecule has 0 radical (unpaired) electrons. The van der Waals surface area contributed by atoms with Crippen LogP contribution in [0.1, 0.15) is 24.0 Å². The second kappa shape index (κ2) is 11.3. The van der Waals surface area contributed by atoms with Gasteiger partial charge in [0.05, 0.1) is 24.5 Å². The number of nitrogens with zero attached hydrogens (tertiary/aromatic N) is 4. The maximum Gasteiger partial charge on any atom is 0.309 e. The van der Waals surface area contributed by atoms with Crippen molar-refractivity contribution in [2.75, 3.05) is 7.11 Å². The van der Waals surface area contributed by atoms with E-state index in [1.54, 1.807) is 55.6 Å². The zero-order valence-electron chi connectivity index (χ0n) is 20.5. The number of aryl methyl sites for hydroxylation is 3. The zero-order chi connectivity index (χ0) is 26.5. The van der Waals surface area contributed by atoms with E-state index in [-0.39, 0.29) is 31.4 Å². The molecule has 0 unspecified atom stereocenters. The largest absolute Gasteiger partial charge is 0.481 e. The first-order valence-corrected chi connectivity index (χ1v) is 11.8. The molecule has 0 spiro atoms. The maximum atomic E-state index is 14.8. The normalized spacial score (nSPS) is 12.9. The van der Waals surface area contributed by atoms with Gasteiger partial charge in [0.1, 0.15) is 11.3 Å². The predicted molar refractivity (Wildman–Crippen MR) is 135 cm³/mol. The molecule has 0 aliphatic heterocycles. The average molecular weight is 507 g/mol. The molecule has 0 aliphatic rings. The summed E-state index contributed by atoms with van der Waals surface area (Å²) in [7, 11) is 1.51. The Hall–Kier alpha value is -4.18. The van der Waals surface area contributed by atoms with Gasteiger partial charge in [0, 0.05) is 24.4 Å². The third kappa shape index (κ3) is 5.80. The van der Waals surface area contributed by atoms with E-state index in [9.17, 15) is 24.2 Å². The molecule has 4 rings (SSSR count). The smallest absolute Gasteiger partial charge is 0.309 e. The number of fused-ring (bicyclic) bond motifs is 1. The summed E-state index contributed by atoms with van der Waals surface area (Å²) >= 11 is 0. The second-order valence-corrected chi connectivity index (χ2v) is 8.82. The molecule has 10 heteroatoms. The number of halogens is 1. The van der Waals surface area contributed by atoms with Crippen LogP contribution in [0.3, 0.4) is 0 Å². The first kappa shape index (κ1) is 25.9. The van der Waals surface area contributed by atoms with Crippen molar-refractivity contribution in [3.05, 3.63) is 82.0 Å². The summed E-state index contributed by atoms with van der Waals surface area (Å²) in [5.41, 5.74) is 2.57. The number of ether oxygens (including phenoxy) is 1. The number of rotatable bonds is 10. The molecule has 2 N–H and O–H groups in total. The maximum absolute atomic E-state index is 14.8. The topological polar surface area (TPSA) is 127 Å². The number of methoxy groups -OCH3 is 1. The number of aliphatic carboxylic acids is 1. The van der Waals surface area contributed by atoms with Crippen molar-refractivity contribution >= 4 is 16.9 Å². The fourth-order valence-corrected chi connectivity index (χ4v) is 4.28. The van der Waals surface area contributed by atoms with Crippen molar-refractivity contribution < 1.29 is 24.1 Å². The van der Waals surface area contributed by atoms with Crippen LogP contribution >= 0.6 is 0 Å². The lowest BCUT2D eigenvalue weighted by molar-refractivity contribution is -0.146. The van der Waals surface area contributed by atoms with Crippen molar-refractivity contribution in [1.29, 1.82) is 0 Å². The lowest BCUT2D eigenvalue weighted by Crippen LogP contribution is -2.32. The van der Waals surface area contributed by atoms with E-state index in [0.29, 0.717) is 27.9 Å². The summed E-state index contributed by atoms with van der Waals surface area (Å²) in [4.78, 5) is 28.8. The molecule has 2 heterocycles. The third-order valence-electron chi connectivity index (χ3n) is 6.43. The van der Waals surface area contributed by atoms with Gasteiger partial charge in [0.2, 0.25) is 5.88 Å². The Morgan fingerprint density at radius 3 is 2.59 bits per heavy atom. The summed E-state index contributed by atoms with van der Waals surface area (Å²) < 4.78 is 20.9. The summed E-state index contributed by atoms with van der Waals surface area (Å²) in [6, 6.07) is 13.5. The van der Waals surface area contributed by atoms with Crippen LogP contribution in [0.15, 0.2) is 59.5 Å². The number of carbonyl (C=O) groups is 1. The first-order chi connectivity index (χ1) is 17.8. The minimum atomic E-state index is -1.24. The molecule has 0 saturated carbocycles. The summed E-state index contributed by atoms with van der Waals surface area (Å²) in [6.45, 7) is 1.77. The van der Waals surface area contributed by atoms with E-state index >= 15 is 0 Å². The lowest BCUT2D eigenvalue weighted by atomic mass is 9.93. The Balaban J connectivity index is 1.41. The van der Waals surface area contributed by atoms with Gasteiger partial charge < -0.3 is 14.9 Å². The molecule has 0 aliphatic carbocycles. The zero-order valence-corrected chi connectivity index (χ0v) is 20.5. The van der Waals surface area contributed by atoms with Gasteiger partial charge in [-0.1, -0.05) is 29.5 Å². The average Bonchev–Trinajstić information content (AvgIpc) is 2.89. The van der Waals surface area contributed by atoms with E-state index in [1.807, 2.05) is 0 Å². The number of aliphatic hydroxyl groups is 1. The van der Waals surface area contributed by atoms with Crippen LogP contribution in [-0.4, -0.2) is 49.4 Å². The van der Waals surface area contributed by atoms with Gasteiger partial charge in [0.25, 0.3) is 5.56 Å². The van der Waals surface area contributed by atoms with E-state index < -0.39 is 23.8 Å². The van der Waals surface area contributed by atoms with Crippen LogP contribution in [0, 0.1) is 18.7 Å². The van der Waals surface area contributed by atoms with E-state index in [4.69, 9.17) is 4.74 Å². The highest BCUT2D eigenvalue weighted by Gasteiger charge is 2.27. The Morgan fingerprint density at radius 1 is 1.14 bits per heavy atom. The summed E-state index contributed by atoms with van der Waals surface area (Å²) in [5.74, 6) is -2.36. The standard InChI is InChI=1S/C27H27FN4O5/c1-16-4-3-5-22-25(16)26(34)32(31-30-22)13-12-20(27(35)36)23(33)10-8-17-6-7-18(14-21(17)28)19-9-11-24(37-2)29-15-19/h3-7,9,11,14-15,20,23,33H,8,10,12-13H2,1-2H3,(H,35,36)/t20-,23+/m0/s1. The van der Waals surface area contributed by atoms with Crippen LogP contribution in [0.5, 0.6) is 5.88 Å². The van der Waals surface area contributed by atoms with Crippen LogP contribution in [0.25, 0.3) is 22.0 Å². The number of hydrogen-bond acceptors (Lipinski definition) is 7. The molecule has 192 valence electrons. The van der Waals surface area contributed by atoms with Gasteiger partial charge in [-0.15, -0.1) is 5.10 Å². The van der Waals surface area contributed by atoms with E-state index in [0.717, 1.165) is 15.8 Å². The van der Waals surface area contributed by atoms with Crippen molar-refractivity contribution in [3.63, 3.8) is 0 Å². The van der Waals surface area contributed by atoms with E-state index in [1.165, 1.54) is 13.2 Å². The molecular formula is C27H27FN4O5. The highest BCUT2D eigenvalue weighted by molar-refractivity contribution is 5.80. The molecular weight excluding hydrogens is 479 g/mol. The fourth-order valence-electron chi connectivity index (χ4n) is 4.28. The quantitative estimate of drug-likeness (QED) is 0.335. The van der Waals surface area contributed by atoms with Gasteiger partial charge in [-0.2, -0.15) is 0 Å². The lowest BCUT2D eigenvalue weighted by Gasteiger charge is -2.19. The third-order valence-corrected chi connectivity index (χ3v) is 6.43. The SMILES string of the molecule is COc1ccc(-c2ccc(CC[C@@H](O)[C@H](CCn3nnc4cccc(C)c4c3=O)C(=O)O)c(F)c2)cn1. The highest BCUT2D eigenvalue weighted by atomic mass is 19.1. The monoisotopic (exact) mass is 506 g/mol. The van der Waals surface area contributed by atoms with Gasteiger partial charge >= 0.3 is 5.97 Å². The van der Waals surface area contributed by atoms with Gasteiger partial charge in [-0.05, 0) is 61.1 Å². The minimum Gasteiger partial charge on any atom is -0.481 e. The highest BCUT2D eigenvalue weighted by Crippen LogP contribution is 2.24. The second-order valence-electron chi connectivity index (χ2n) is 8.82. The Kier molecular flexibility index (Phi) is 7.88. The summed E-state index contributed by atoms with van der Waals surface area (Å²) in [5, 5.41) is 28.7. The molecule has 0 saturated heterocycles. The number of pyridine rings is 1. The van der Waals surface area contributed by atoms with Crippen molar-refractivity contribution in [3.8, 4) is 17.0 Å². The molecule has 0 amide bonds. The number of hydrogen-bond donors (Lipinski definition) is 2. The van der Waals surface area contributed by atoms with Crippen LogP contribution in [0.4, 0.5) is 4.39 Å². The number of benzene rings is 2. The molecule has 0 bridgehead atoms. The molecule has 9 nitrogen and oxygen atoms in total. The van der Waals surface area contributed by atoms with Crippen LogP contribution in [-0.2, 0) is 17.8 Å². The Morgan fingerprint density at radius 2 is 1.92 bits per heavy atom. The molecule has 2 aromatic carbocycles. The molecule has 2 aromatic heterocycles. The summed E-state index contributed by atoms with van der Waals surface area (Å²) in [6.07, 6.45) is 0.491. The minimum absolute atomic E-state index is 0.0247. The Bertz CT molecular complexity index is 1470. The van der Waals surface area contributed by atoms with Crippen molar-refractivity contribution in [2.24, 2.45) is 5.92 Å². The van der Waals surface area contributed by atoms with Crippen LogP contribution in [0.2, 0.25) is 0 Å². The number of carboxylic acid groups (broad SMARTS) is 1. The van der Waals surface area contributed by atoms with Crippen molar-refractivity contribution in [1.82, 2.24) is 20.0 Å².